The quantitative estimate of drug-likeness (QED) is 0.648. The normalized spacial score (nSPS) is 17.1. The lowest BCUT2D eigenvalue weighted by Gasteiger charge is -2.33. The van der Waals surface area contributed by atoms with E-state index >= 15 is 0 Å². The monoisotopic (exact) mass is 367 g/mol. The summed E-state index contributed by atoms with van der Waals surface area (Å²) in [5.74, 6) is -0.333. The molecule has 24 heavy (non-hydrogen) atoms. The van der Waals surface area contributed by atoms with Gasteiger partial charge in [-0.1, -0.05) is 0 Å². The number of anilines is 1. The van der Waals surface area contributed by atoms with E-state index in [-0.39, 0.29) is 17.4 Å². The maximum Gasteiger partial charge on any atom is 0.416 e. The Balaban J connectivity index is 2.20. The molecule has 0 saturated carbocycles. The summed E-state index contributed by atoms with van der Waals surface area (Å²) in [5, 5.41) is 16.1. The fourth-order valence-electron chi connectivity index (χ4n) is 2.78. The van der Waals surface area contributed by atoms with Crippen molar-refractivity contribution in [1.29, 1.82) is 0 Å². The van der Waals surface area contributed by atoms with E-state index in [9.17, 15) is 31.7 Å². The molecular weight excluding hydrogens is 351 g/mol. The van der Waals surface area contributed by atoms with Gasteiger partial charge < -0.3 is 4.90 Å². The van der Waals surface area contributed by atoms with Gasteiger partial charge in [-0.2, -0.15) is 13.2 Å². The zero-order chi connectivity index (χ0) is 18.1. The summed E-state index contributed by atoms with van der Waals surface area (Å²) in [5.41, 5.74) is -1.60. The van der Waals surface area contributed by atoms with Crippen LogP contribution in [0, 0.1) is 16.0 Å². The number of nitro benzene ring substituents is 1. The number of hydrogen-bond acceptors (Lipinski definition) is 5. The summed E-state index contributed by atoms with van der Waals surface area (Å²) in [6.07, 6.45) is -3.78. The molecule has 0 bridgehead atoms. The molecule has 0 spiro atoms. The topological polar surface area (TPSA) is 107 Å². The molecule has 0 aliphatic carbocycles. The summed E-state index contributed by atoms with van der Waals surface area (Å²) in [6, 6.07) is 2.41. The van der Waals surface area contributed by atoms with Crippen LogP contribution in [-0.2, 0) is 16.2 Å². The molecule has 1 aliphatic heterocycles. The van der Waals surface area contributed by atoms with Gasteiger partial charge in [0, 0.05) is 19.2 Å². The Hall–Kier alpha value is -1.88. The Morgan fingerprint density at radius 3 is 2.33 bits per heavy atom. The zero-order valence-corrected chi connectivity index (χ0v) is 13.3. The average Bonchev–Trinajstić information content (AvgIpc) is 2.45. The van der Waals surface area contributed by atoms with Crippen LogP contribution < -0.4 is 10.0 Å². The van der Waals surface area contributed by atoms with Gasteiger partial charge in [-0.15, -0.1) is 0 Å². The molecule has 2 N–H and O–H groups in total. The largest absolute Gasteiger partial charge is 0.416 e. The van der Waals surface area contributed by atoms with Crippen LogP contribution in [0.5, 0.6) is 0 Å². The molecule has 1 aliphatic rings. The van der Waals surface area contributed by atoms with E-state index in [4.69, 9.17) is 5.14 Å². The van der Waals surface area contributed by atoms with E-state index in [0.29, 0.717) is 32.0 Å². The fourth-order valence-corrected chi connectivity index (χ4v) is 3.77. The van der Waals surface area contributed by atoms with Crippen molar-refractivity contribution in [3.8, 4) is 0 Å². The molecule has 7 nitrogen and oxygen atoms in total. The lowest BCUT2D eigenvalue weighted by molar-refractivity contribution is -0.384. The second-order valence-corrected chi connectivity index (χ2v) is 7.38. The van der Waals surface area contributed by atoms with Gasteiger partial charge in [0.15, 0.2) is 0 Å². The van der Waals surface area contributed by atoms with Crippen molar-refractivity contribution in [2.75, 3.05) is 23.7 Å². The number of piperidine rings is 1. The Labute approximate surface area is 136 Å². The molecule has 1 aromatic rings. The Morgan fingerprint density at radius 1 is 1.29 bits per heavy atom. The summed E-state index contributed by atoms with van der Waals surface area (Å²) >= 11 is 0. The van der Waals surface area contributed by atoms with E-state index in [0.717, 1.165) is 12.1 Å². The third kappa shape index (κ3) is 4.57. The summed E-state index contributed by atoms with van der Waals surface area (Å²) in [4.78, 5) is 11.9. The molecule has 2 rings (SSSR count). The Kier molecular flexibility index (Phi) is 5.04. The van der Waals surface area contributed by atoms with Crippen LogP contribution in [0.1, 0.15) is 18.4 Å². The number of nitrogens with zero attached hydrogens (tertiary/aromatic N) is 2. The molecule has 11 heteroatoms. The molecule has 0 amide bonds. The van der Waals surface area contributed by atoms with Crippen LogP contribution in [-0.4, -0.2) is 32.2 Å². The maximum atomic E-state index is 12.7. The lowest BCUT2D eigenvalue weighted by Crippen LogP contribution is -2.37. The van der Waals surface area contributed by atoms with Gasteiger partial charge in [-0.25, -0.2) is 13.6 Å². The highest BCUT2D eigenvalue weighted by atomic mass is 32.2. The van der Waals surface area contributed by atoms with Crippen molar-refractivity contribution < 1.29 is 26.5 Å². The molecule has 1 fully saturated rings. The maximum absolute atomic E-state index is 12.7. The summed E-state index contributed by atoms with van der Waals surface area (Å²) < 4.78 is 60.3. The van der Waals surface area contributed by atoms with Gasteiger partial charge in [0.2, 0.25) is 10.0 Å². The average molecular weight is 367 g/mol. The minimum Gasteiger partial charge on any atom is -0.366 e. The van der Waals surface area contributed by atoms with E-state index in [1.165, 1.54) is 0 Å². The number of sulfonamides is 1. The molecule has 0 radical (unpaired) electrons. The second kappa shape index (κ2) is 6.55. The smallest absolute Gasteiger partial charge is 0.366 e. The first-order valence-corrected chi connectivity index (χ1v) is 8.80. The van der Waals surface area contributed by atoms with E-state index < -0.39 is 32.4 Å². The van der Waals surface area contributed by atoms with Crippen molar-refractivity contribution in [1.82, 2.24) is 0 Å². The predicted molar refractivity (Wildman–Crippen MR) is 81.0 cm³/mol. The molecule has 0 atom stereocenters. The lowest BCUT2D eigenvalue weighted by atomic mass is 9.98. The van der Waals surface area contributed by atoms with Gasteiger partial charge in [0.25, 0.3) is 5.69 Å². The number of nitro groups is 1. The van der Waals surface area contributed by atoms with Crippen molar-refractivity contribution in [3.05, 3.63) is 33.9 Å². The Morgan fingerprint density at radius 2 is 1.88 bits per heavy atom. The van der Waals surface area contributed by atoms with E-state index in [1.54, 1.807) is 4.90 Å². The number of primary sulfonamides is 1. The number of rotatable bonds is 4. The van der Waals surface area contributed by atoms with E-state index in [2.05, 4.69) is 0 Å². The SMILES string of the molecule is NS(=O)(=O)CC1CCN(c2ccc(C(F)(F)F)cc2[N+](=O)[O-])CC1. The van der Waals surface area contributed by atoms with Gasteiger partial charge >= 0.3 is 6.18 Å². The molecular formula is C13H16F3N3O4S. The van der Waals surface area contributed by atoms with Gasteiger partial charge in [0.1, 0.15) is 5.69 Å². The first kappa shape index (κ1) is 18.5. The van der Waals surface area contributed by atoms with Crippen LogP contribution in [0.25, 0.3) is 0 Å². The summed E-state index contributed by atoms with van der Waals surface area (Å²) in [7, 11) is -3.60. The van der Waals surface area contributed by atoms with Crippen LogP contribution in [0.3, 0.4) is 0 Å². The Bertz CT molecular complexity index is 728. The number of halogens is 3. The number of benzene rings is 1. The fraction of sp³-hybridized carbons (Fsp3) is 0.538. The number of hydrogen-bond donors (Lipinski definition) is 1. The van der Waals surface area contributed by atoms with E-state index in [1.807, 2.05) is 0 Å². The third-order valence-electron chi connectivity index (χ3n) is 3.92. The number of alkyl halides is 3. The van der Waals surface area contributed by atoms with Crippen LogP contribution in [0.4, 0.5) is 24.5 Å². The second-order valence-electron chi connectivity index (χ2n) is 5.72. The minimum absolute atomic E-state index is 0.0991. The van der Waals surface area contributed by atoms with Crippen molar-refractivity contribution in [2.45, 2.75) is 19.0 Å². The molecule has 1 heterocycles. The molecule has 1 saturated heterocycles. The highest BCUT2D eigenvalue weighted by Crippen LogP contribution is 2.37. The standard InChI is InChI=1S/C13H16F3N3O4S/c14-13(15,16)10-1-2-11(12(7-10)19(20)21)18-5-3-9(4-6-18)8-24(17,22)23/h1-2,7,9H,3-6,8H2,(H2,17,22,23). The minimum atomic E-state index is -4.66. The molecule has 0 unspecified atom stereocenters. The first-order chi connectivity index (χ1) is 11.0. The third-order valence-corrected chi connectivity index (χ3v) is 4.86. The predicted octanol–water partition coefficient (Wildman–Crippen LogP) is 2.12. The number of nitrogens with two attached hydrogens (primary N) is 1. The van der Waals surface area contributed by atoms with Gasteiger partial charge in [0.05, 0.1) is 16.2 Å². The summed E-state index contributed by atoms with van der Waals surface area (Å²) in [6.45, 7) is 0.624. The van der Waals surface area contributed by atoms with Crippen molar-refractivity contribution in [2.24, 2.45) is 11.1 Å². The highest BCUT2D eigenvalue weighted by molar-refractivity contribution is 7.89. The van der Waals surface area contributed by atoms with Crippen molar-refractivity contribution >= 4 is 21.4 Å². The molecule has 1 aromatic carbocycles. The first-order valence-electron chi connectivity index (χ1n) is 7.08. The van der Waals surface area contributed by atoms with Crippen LogP contribution in [0.15, 0.2) is 18.2 Å². The van der Waals surface area contributed by atoms with Crippen molar-refractivity contribution in [3.63, 3.8) is 0 Å². The highest BCUT2D eigenvalue weighted by Gasteiger charge is 2.34. The molecule has 0 aromatic heterocycles. The van der Waals surface area contributed by atoms with Crippen LogP contribution >= 0.6 is 0 Å². The van der Waals surface area contributed by atoms with Crippen LogP contribution in [0.2, 0.25) is 0 Å². The van der Waals surface area contributed by atoms with Gasteiger partial charge in [-0.3, -0.25) is 10.1 Å². The van der Waals surface area contributed by atoms with Gasteiger partial charge in [-0.05, 0) is 30.9 Å². The zero-order valence-electron chi connectivity index (χ0n) is 12.5. The molecule has 134 valence electrons.